The predicted molar refractivity (Wildman–Crippen MR) is 98.7 cm³/mol. The Balaban J connectivity index is 1.94. The van der Waals surface area contributed by atoms with Crippen molar-refractivity contribution in [3.8, 4) is 5.75 Å². The van der Waals surface area contributed by atoms with Crippen LogP contribution in [-0.2, 0) is 11.1 Å². The van der Waals surface area contributed by atoms with E-state index in [1.165, 1.54) is 0 Å². The highest BCUT2D eigenvalue weighted by atomic mass is 31.2. The van der Waals surface area contributed by atoms with Crippen molar-refractivity contribution in [1.29, 1.82) is 0 Å². The molecule has 0 aliphatic carbocycles. The third-order valence-electron chi connectivity index (χ3n) is 3.76. The lowest BCUT2D eigenvalue weighted by Gasteiger charge is -2.28. The van der Waals surface area contributed by atoms with Gasteiger partial charge in [-0.15, -0.1) is 0 Å². The van der Waals surface area contributed by atoms with Gasteiger partial charge in [0.2, 0.25) is 0 Å². The lowest BCUT2D eigenvalue weighted by molar-refractivity contribution is 0.395. The van der Waals surface area contributed by atoms with Crippen LogP contribution in [0.15, 0.2) is 91.0 Å². The van der Waals surface area contributed by atoms with E-state index in [9.17, 15) is 4.57 Å². The van der Waals surface area contributed by atoms with E-state index >= 15 is 0 Å². The third kappa shape index (κ3) is 3.76. The molecular formula is C20H20NO2P. The highest BCUT2D eigenvalue weighted by molar-refractivity contribution is 7.65. The molecule has 3 aromatic rings. The lowest BCUT2D eigenvalue weighted by atomic mass is 10.2. The summed E-state index contributed by atoms with van der Waals surface area (Å²) >= 11 is 0. The maximum atomic E-state index is 13.8. The fourth-order valence-corrected chi connectivity index (χ4v) is 4.45. The molecule has 1 atom stereocenters. The molecular weight excluding hydrogens is 317 g/mol. The van der Waals surface area contributed by atoms with Crippen LogP contribution < -0.4 is 9.83 Å². The second-order valence-electron chi connectivity index (χ2n) is 5.56. The van der Waals surface area contributed by atoms with Gasteiger partial charge in [-0.1, -0.05) is 66.7 Å². The van der Waals surface area contributed by atoms with Crippen LogP contribution in [0.1, 0.15) is 5.56 Å². The minimum Gasteiger partial charge on any atom is -0.429 e. The summed E-state index contributed by atoms with van der Waals surface area (Å²) in [6, 6.07) is 28.7. The Kier molecular flexibility index (Phi) is 5.14. The van der Waals surface area contributed by atoms with Crippen molar-refractivity contribution in [3.63, 3.8) is 0 Å². The first-order valence-electron chi connectivity index (χ1n) is 7.84. The van der Waals surface area contributed by atoms with E-state index in [0.29, 0.717) is 17.6 Å². The highest BCUT2D eigenvalue weighted by Crippen LogP contribution is 2.49. The van der Waals surface area contributed by atoms with Crippen LogP contribution in [0.4, 0.5) is 0 Å². The molecule has 4 heteroatoms. The summed E-state index contributed by atoms with van der Waals surface area (Å²) in [7, 11) is -1.38. The number of nitrogens with zero attached hydrogens (tertiary/aromatic N) is 1. The molecule has 0 fully saturated rings. The number of rotatable bonds is 6. The predicted octanol–water partition coefficient (Wildman–Crippen LogP) is 4.72. The van der Waals surface area contributed by atoms with Gasteiger partial charge < -0.3 is 4.52 Å². The molecule has 0 amide bonds. The molecule has 3 nitrogen and oxygen atoms in total. The van der Waals surface area contributed by atoms with Crippen molar-refractivity contribution in [2.75, 3.05) is 7.05 Å². The van der Waals surface area contributed by atoms with E-state index in [1.54, 1.807) is 4.67 Å². The van der Waals surface area contributed by atoms with Gasteiger partial charge in [0.25, 0.3) is 0 Å². The minimum atomic E-state index is -3.22. The van der Waals surface area contributed by atoms with Gasteiger partial charge in [0.05, 0.1) is 5.30 Å². The number of hydrogen-bond donors (Lipinski definition) is 0. The minimum absolute atomic E-state index is 0.542. The summed E-state index contributed by atoms with van der Waals surface area (Å²) in [4.78, 5) is 0. The largest absolute Gasteiger partial charge is 0.429 e. The maximum absolute atomic E-state index is 13.8. The summed E-state index contributed by atoms with van der Waals surface area (Å²) < 4.78 is 21.6. The summed E-state index contributed by atoms with van der Waals surface area (Å²) in [5, 5.41) is 0.687. The topological polar surface area (TPSA) is 29.5 Å². The standard InChI is InChI=1S/C20H20NO2P/c1-21(17-18-11-5-2-6-12-18)24(22,20-15-9-4-10-16-20)23-19-13-7-3-8-14-19/h2-16H,17H2,1H3. The first kappa shape index (κ1) is 16.5. The second kappa shape index (κ2) is 7.48. The van der Waals surface area contributed by atoms with E-state index in [4.69, 9.17) is 4.52 Å². The van der Waals surface area contributed by atoms with Crippen LogP contribution in [0.2, 0.25) is 0 Å². The molecule has 0 N–H and O–H groups in total. The summed E-state index contributed by atoms with van der Waals surface area (Å²) in [6.07, 6.45) is 0. The maximum Gasteiger partial charge on any atom is 0.349 e. The van der Waals surface area contributed by atoms with E-state index in [2.05, 4.69) is 0 Å². The average Bonchev–Trinajstić information content (AvgIpc) is 2.64. The molecule has 0 bridgehead atoms. The number of benzene rings is 3. The number of para-hydroxylation sites is 1. The van der Waals surface area contributed by atoms with Gasteiger partial charge >= 0.3 is 7.52 Å². The Bertz CT molecular complexity index is 807. The molecule has 0 spiro atoms. The summed E-state index contributed by atoms with van der Waals surface area (Å²) in [5.41, 5.74) is 1.09. The Hall–Kier alpha value is -2.35. The molecule has 3 rings (SSSR count). The van der Waals surface area contributed by atoms with Crippen molar-refractivity contribution < 1.29 is 9.09 Å². The fraction of sp³-hybridized carbons (Fsp3) is 0.100. The van der Waals surface area contributed by atoms with E-state index in [1.807, 2.05) is 98.0 Å². The quantitative estimate of drug-likeness (QED) is 0.610. The first-order chi connectivity index (χ1) is 11.7. The third-order valence-corrected chi connectivity index (χ3v) is 6.21. The molecule has 0 heterocycles. The van der Waals surface area contributed by atoms with Gasteiger partial charge in [0.15, 0.2) is 0 Å². The molecule has 0 saturated heterocycles. The molecule has 0 aliphatic heterocycles. The monoisotopic (exact) mass is 337 g/mol. The van der Waals surface area contributed by atoms with Gasteiger partial charge in [0.1, 0.15) is 5.75 Å². The van der Waals surface area contributed by atoms with Crippen molar-refractivity contribution in [2.24, 2.45) is 0 Å². The van der Waals surface area contributed by atoms with Gasteiger partial charge in [-0.05, 0) is 36.9 Å². The summed E-state index contributed by atoms with van der Waals surface area (Å²) in [6.45, 7) is 0.542. The molecule has 0 aliphatic rings. The Morgan fingerprint density at radius 1 is 0.792 bits per heavy atom. The van der Waals surface area contributed by atoms with Gasteiger partial charge in [-0.25, -0.2) is 4.67 Å². The van der Waals surface area contributed by atoms with Gasteiger partial charge in [-0.3, -0.25) is 4.57 Å². The molecule has 24 heavy (non-hydrogen) atoms. The van der Waals surface area contributed by atoms with E-state index in [0.717, 1.165) is 5.56 Å². The van der Waals surface area contributed by atoms with Gasteiger partial charge in [-0.2, -0.15) is 0 Å². The van der Waals surface area contributed by atoms with Crippen molar-refractivity contribution in [1.82, 2.24) is 4.67 Å². The molecule has 1 unspecified atom stereocenters. The van der Waals surface area contributed by atoms with Crippen molar-refractivity contribution in [2.45, 2.75) is 6.54 Å². The van der Waals surface area contributed by atoms with Crippen molar-refractivity contribution >= 4 is 12.8 Å². The zero-order valence-electron chi connectivity index (χ0n) is 13.6. The van der Waals surface area contributed by atoms with Crippen LogP contribution >= 0.6 is 7.52 Å². The smallest absolute Gasteiger partial charge is 0.349 e. The average molecular weight is 337 g/mol. The summed E-state index contributed by atoms with van der Waals surface area (Å²) in [5.74, 6) is 0.601. The molecule has 3 aromatic carbocycles. The van der Waals surface area contributed by atoms with Crippen LogP contribution in [-0.4, -0.2) is 11.7 Å². The second-order valence-corrected chi connectivity index (χ2v) is 7.98. The van der Waals surface area contributed by atoms with Crippen molar-refractivity contribution in [3.05, 3.63) is 96.6 Å². The molecule has 0 radical (unpaired) electrons. The first-order valence-corrected chi connectivity index (χ1v) is 9.42. The van der Waals surface area contributed by atoms with E-state index < -0.39 is 7.52 Å². The number of hydrogen-bond acceptors (Lipinski definition) is 2. The van der Waals surface area contributed by atoms with Crippen LogP contribution in [0, 0.1) is 0 Å². The Morgan fingerprint density at radius 3 is 1.88 bits per heavy atom. The molecule has 0 aromatic heterocycles. The Morgan fingerprint density at radius 2 is 1.29 bits per heavy atom. The van der Waals surface area contributed by atoms with Crippen LogP contribution in [0.5, 0.6) is 5.75 Å². The fourth-order valence-electron chi connectivity index (χ4n) is 2.50. The zero-order chi connectivity index (χ0) is 16.8. The zero-order valence-corrected chi connectivity index (χ0v) is 14.5. The van der Waals surface area contributed by atoms with Crippen LogP contribution in [0.25, 0.3) is 0 Å². The normalized spacial score (nSPS) is 13.4. The molecule has 0 saturated carbocycles. The van der Waals surface area contributed by atoms with Crippen LogP contribution in [0.3, 0.4) is 0 Å². The SMILES string of the molecule is CN(Cc1ccccc1)P(=O)(Oc1ccccc1)c1ccccc1. The molecule has 122 valence electrons. The van der Waals surface area contributed by atoms with E-state index in [-0.39, 0.29) is 0 Å². The highest BCUT2D eigenvalue weighted by Gasteiger charge is 2.33. The lowest BCUT2D eigenvalue weighted by Crippen LogP contribution is -2.25. The Labute approximate surface area is 143 Å². The van der Waals surface area contributed by atoms with Gasteiger partial charge in [0, 0.05) is 6.54 Å².